The van der Waals surface area contributed by atoms with E-state index in [0.29, 0.717) is 87.5 Å². The number of aromatic nitrogens is 6. The summed E-state index contributed by atoms with van der Waals surface area (Å²) in [5, 5.41) is 6.28. The second-order valence-corrected chi connectivity index (χ2v) is 25.1. The molecule has 0 spiro atoms. The number of H-pyrrole nitrogens is 1. The molecule has 2 fully saturated rings. The zero-order valence-electron chi connectivity index (χ0n) is 50.3. The van der Waals surface area contributed by atoms with Gasteiger partial charge in [0.05, 0.1) is 17.8 Å². The Morgan fingerprint density at radius 2 is 1.04 bits per heavy atom. The Balaban J connectivity index is 0.000000185. The molecule has 4 aromatic heterocycles. The van der Waals surface area contributed by atoms with Gasteiger partial charge >= 0.3 is 12.2 Å². The molecule has 0 unspecified atom stereocenters. The first-order valence-corrected chi connectivity index (χ1v) is 30.0. The number of carbonyl (C=O) groups is 6. The number of ether oxygens (including phenoxy) is 2. The third-order valence-corrected chi connectivity index (χ3v) is 16.1. The van der Waals surface area contributed by atoms with Crippen LogP contribution in [0.1, 0.15) is 146 Å². The van der Waals surface area contributed by atoms with Gasteiger partial charge in [0.2, 0.25) is 0 Å². The third kappa shape index (κ3) is 16.3. The number of pyridine rings is 2. The number of Topliss-reactive ketones (excluding diaryl/α,β-unsaturated/α-hetero) is 2. The van der Waals surface area contributed by atoms with E-state index in [-0.39, 0.29) is 34.9 Å². The summed E-state index contributed by atoms with van der Waals surface area (Å²) in [4.78, 5) is 99.1. The Hall–Kier alpha value is -9.77. The Kier molecular flexibility index (Phi) is 20.5. The predicted molar refractivity (Wildman–Crippen MR) is 331 cm³/mol. The van der Waals surface area contributed by atoms with Gasteiger partial charge in [-0.2, -0.15) is 0 Å². The minimum Gasteiger partial charge on any atom is -0.444 e. The lowest BCUT2D eigenvalue weighted by atomic mass is 10.1. The van der Waals surface area contributed by atoms with Crippen LogP contribution in [0, 0.1) is 11.6 Å². The molecule has 89 heavy (non-hydrogen) atoms. The van der Waals surface area contributed by atoms with Crippen molar-refractivity contribution in [2.75, 3.05) is 29.6 Å². The predicted octanol–water partition coefficient (Wildman–Crippen LogP) is 11.3. The number of nitrogens with zero attached hydrogens (tertiary/aromatic N) is 7. The maximum atomic E-state index is 13.4. The fraction of sp³-hybridized carbons (Fsp3) is 0.281. The van der Waals surface area contributed by atoms with Crippen molar-refractivity contribution in [2.24, 2.45) is 5.90 Å². The van der Waals surface area contributed by atoms with Crippen LogP contribution in [-0.4, -0.2) is 99.3 Å². The number of rotatable bonds is 13. The number of carbonyl (C=O) groups excluding carboxylic acids is 6. The zero-order valence-corrected chi connectivity index (χ0v) is 51.2. The number of nitrogens with one attached hydrogen (secondary N) is 3. The van der Waals surface area contributed by atoms with Crippen LogP contribution in [0.15, 0.2) is 146 Å². The molecule has 4 aromatic carbocycles. The van der Waals surface area contributed by atoms with Gasteiger partial charge in [0.25, 0.3) is 19.2 Å². The number of benzene rings is 4. The number of anilines is 2. The fourth-order valence-corrected chi connectivity index (χ4v) is 11.5. The summed E-state index contributed by atoms with van der Waals surface area (Å²) in [7, 11) is -3.13. The maximum Gasteiger partial charge on any atom is 0.410 e. The first-order chi connectivity index (χ1) is 42.2. The van der Waals surface area contributed by atoms with Crippen LogP contribution in [-0.2, 0) is 18.7 Å². The Morgan fingerprint density at radius 3 is 1.46 bits per heavy atom. The fourth-order valence-electron chi connectivity index (χ4n) is 9.80. The zero-order chi connectivity index (χ0) is 64.4. The van der Waals surface area contributed by atoms with Gasteiger partial charge in [-0.1, -0.05) is 60.7 Å². The highest BCUT2D eigenvalue weighted by Crippen LogP contribution is 2.42. The molecule has 0 radical (unpaired) electrons. The molecular formula is C64H69F2N12O10P. The molecule has 8 aromatic rings. The van der Waals surface area contributed by atoms with Gasteiger partial charge in [-0.25, -0.2) is 53.5 Å². The number of aromatic amines is 1. The molecule has 7 N–H and O–H groups in total. The van der Waals surface area contributed by atoms with E-state index >= 15 is 0 Å². The number of halogens is 2. The lowest BCUT2D eigenvalue weighted by Crippen LogP contribution is -2.37. The maximum absolute atomic E-state index is 13.4. The minimum absolute atomic E-state index is 0.0885. The average molecular weight is 1240 g/mol. The standard InChI is InChI=1S/C26H29FN6O4.C26H28FN5O4.C12H12NO2P/c1-15(34)22-21(16-7-9-17(10-8-16)24(35)30-20-14-18(27)11-12-29-20)31-23(33(22)28)19-6-5-13-32(19)25(36)37-26(2,3)4;1-15(33)21-22(31-23(30-21)19-6-5-13-32(19)25(35)36-26(2,3)4)16-7-9-17(10-8-16)24(34)29-20-14-18(27)11-12-28-20;13-15-16(14,11-7-3-1-4-8-11)12-9-5-2-6-10-12/h7-12,14,19H,5-6,13,28H2,1-4H3,(H,29,30,35);7-12,14,19H,5-6,13H2,1-4H3,(H,30,31)(H,28,29,34);1-10H,13H2/t2*19-;/m00./s1. The van der Waals surface area contributed by atoms with Crippen molar-refractivity contribution in [3.8, 4) is 22.5 Å². The molecule has 10 rings (SSSR count). The van der Waals surface area contributed by atoms with E-state index in [4.69, 9.17) is 25.8 Å². The topological polar surface area (TPSA) is 302 Å². The summed E-state index contributed by atoms with van der Waals surface area (Å²) in [5.41, 5.74) is 1.85. The lowest BCUT2D eigenvalue weighted by Gasteiger charge is -2.28. The van der Waals surface area contributed by atoms with E-state index in [2.05, 4.69) is 35.6 Å². The summed E-state index contributed by atoms with van der Waals surface area (Å²) < 4.78 is 56.5. The number of amides is 4. The Bertz CT molecular complexity index is 3870. The third-order valence-electron chi connectivity index (χ3n) is 13.8. The second kappa shape index (κ2) is 27.9. The van der Waals surface area contributed by atoms with Crippen molar-refractivity contribution in [1.29, 1.82) is 0 Å². The molecule has 4 amide bonds. The number of ketones is 2. The average Bonchev–Trinajstić information content (AvgIpc) is 1.70. The molecule has 25 heteroatoms. The summed E-state index contributed by atoms with van der Waals surface area (Å²) >= 11 is 0. The number of hydrogen-bond donors (Lipinski definition) is 5. The number of imidazole rings is 2. The monoisotopic (exact) mass is 1230 g/mol. The molecule has 22 nitrogen and oxygen atoms in total. The van der Waals surface area contributed by atoms with Crippen molar-refractivity contribution in [1.82, 2.24) is 39.4 Å². The van der Waals surface area contributed by atoms with Crippen molar-refractivity contribution >= 4 is 65.2 Å². The van der Waals surface area contributed by atoms with Crippen LogP contribution in [0.4, 0.5) is 30.0 Å². The van der Waals surface area contributed by atoms with Gasteiger partial charge < -0.3 is 30.9 Å². The van der Waals surface area contributed by atoms with Crippen molar-refractivity contribution < 1.29 is 56.2 Å². The summed E-state index contributed by atoms with van der Waals surface area (Å²) in [5.74, 6) is 10.2. The molecule has 6 heterocycles. The molecule has 0 bridgehead atoms. The summed E-state index contributed by atoms with van der Waals surface area (Å²) in [6.45, 7) is 14.7. The van der Waals surface area contributed by atoms with E-state index < -0.39 is 60.2 Å². The summed E-state index contributed by atoms with van der Waals surface area (Å²) in [6, 6.07) is 34.7. The molecular weight excluding hydrogens is 1170 g/mol. The molecule has 2 saturated heterocycles. The van der Waals surface area contributed by atoms with E-state index in [1.54, 1.807) is 103 Å². The van der Waals surface area contributed by atoms with Gasteiger partial charge in [0.15, 0.2) is 17.4 Å². The van der Waals surface area contributed by atoms with Crippen LogP contribution < -0.4 is 33.0 Å². The van der Waals surface area contributed by atoms with E-state index in [0.717, 1.165) is 25.0 Å². The van der Waals surface area contributed by atoms with Crippen molar-refractivity contribution in [2.45, 2.75) is 104 Å². The second-order valence-electron chi connectivity index (χ2n) is 22.8. The van der Waals surface area contributed by atoms with Crippen LogP contribution in [0.3, 0.4) is 0 Å². The lowest BCUT2D eigenvalue weighted by molar-refractivity contribution is 0.0207. The number of likely N-dealkylation sites (tertiary alicyclic amines) is 2. The number of hydrogen-bond acceptors (Lipinski definition) is 16. The van der Waals surface area contributed by atoms with Gasteiger partial charge in [0, 0.05) is 84.3 Å². The van der Waals surface area contributed by atoms with Gasteiger partial charge in [-0.3, -0.25) is 33.5 Å². The highest BCUT2D eigenvalue weighted by atomic mass is 31.2. The highest BCUT2D eigenvalue weighted by Gasteiger charge is 2.39. The molecule has 2 aliphatic heterocycles. The first kappa shape index (κ1) is 65.2. The molecule has 2 aliphatic rings. The SMILES string of the molecule is CC(=O)c1[nH]c([C@@H]2CCCN2C(=O)OC(C)(C)C)nc1-c1ccc(C(=O)Nc2cc(F)ccn2)cc1.CC(=O)c1c(-c2ccc(C(=O)Nc3cc(F)ccn3)cc2)nc([C@@H]2CCCN2C(=O)OC(C)(C)C)n1N.NOP(=O)(c1ccccc1)c1ccccc1. The van der Waals surface area contributed by atoms with Crippen LogP contribution in [0.5, 0.6) is 0 Å². The normalized spacial score (nSPS) is 14.8. The quantitative estimate of drug-likeness (QED) is 0.0310. The molecule has 0 aliphatic carbocycles. The smallest absolute Gasteiger partial charge is 0.410 e. The largest absolute Gasteiger partial charge is 0.444 e. The Labute approximate surface area is 512 Å². The van der Waals surface area contributed by atoms with Gasteiger partial charge in [-0.15, -0.1) is 0 Å². The highest BCUT2D eigenvalue weighted by molar-refractivity contribution is 7.74. The van der Waals surface area contributed by atoms with Crippen molar-refractivity contribution in [3.63, 3.8) is 0 Å². The first-order valence-electron chi connectivity index (χ1n) is 28.4. The van der Waals surface area contributed by atoms with E-state index in [9.17, 15) is 42.1 Å². The van der Waals surface area contributed by atoms with E-state index in [1.165, 1.54) is 43.0 Å². The number of nitrogens with two attached hydrogens (primary N) is 2. The van der Waals surface area contributed by atoms with Crippen molar-refractivity contribution in [3.05, 3.63) is 192 Å². The van der Waals surface area contributed by atoms with Crippen LogP contribution in [0.2, 0.25) is 0 Å². The Morgan fingerprint density at radius 1 is 0.607 bits per heavy atom. The van der Waals surface area contributed by atoms with Crippen LogP contribution >= 0.6 is 7.37 Å². The van der Waals surface area contributed by atoms with Gasteiger partial charge in [-0.05, 0) is 128 Å². The number of nitrogen functional groups attached to an aromatic ring is 1. The van der Waals surface area contributed by atoms with Crippen LogP contribution in [0.25, 0.3) is 22.5 Å². The molecule has 2 atom stereocenters. The van der Waals surface area contributed by atoms with E-state index in [1.807, 2.05) is 57.2 Å². The minimum atomic E-state index is -3.13. The summed E-state index contributed by atoms with van der Waals surface area (Å²) in [6.07, 6.45) is 4.48. The van der Waals surface area contributed by atoms with Gasteiger partial charge in [0.1, 0.15) is 57.4 Å². The molecule has 0 saturated carbocycles. The molecule has 464 valence electrons.